The lowest BCUT2D eigenvalue weighted by Crippen LogP contribution is -2.27. The second-order valence-electron chi connectivity index (χ2n) is 15.4. The number of fused-ring (bicyclic) bond motifs is 1. The van der Waals surface area contributed by atoms with E-state index in [0.29, 0.717) is 23.4 Å². The number of carbonyl (C=O) groups is 5. The largest absolute Gasteiger partial charge is 0.491 e. The number of hydrogen-bond acceptors (Lipinski definition) is 15. The zero-order chi connectivity index (χ0) is 48.1. The number of aromatic nitrogens is 6. The van der Waals surface area contributed by atoms with Crippen LogP contribution in [0.2, 0.25) is 0 Å². The van der Waals surface area contributed by atoms with Crippen LogP contribution in [-0.2, 0) is 33.9 Å². The summed E-state index contributed by atoms with van der Waals surface area (Å²) in [4.78, 5) is 78.3. The van der Waals surface area contributed by atoms with Gasteiger partial charge in [0.25, 0.3) is 11.6 Å². The van der Waals surface area contributed by atoms with E-state index in [1.54, 1.807) is 78.2 Å². The van der Waals surface area contributed by atoms with Gasteiger partial charge in [-0.3, -0.25) is 49.3 Å². The number of nitrogens with one attached hydrogen (secondary N) is 3. The number of nitro groups is 1. The molecular weight excluding hydrogens is 861 g/mol. The molecule has 23 heteroatoms. The summed E-state index contributed by atoms with van der Waals surface area (Å²) in [5, 5.41) is 29.3. The van der Waals surface area contributed by atoms with E-state index >= 15 is 0 Å². The number of nitrogens with zero attached hydrogens (tertiary/aromatic N) is 7. The number of imidazole rings is 1. The number of amides is 4. The molecule has 7 N–H and O–H groups in total. The molecule has 23 nitrogen and oxygen atoms in total. The molecule has 66 heavy (non-hydrogen) atoms. The minimum absolute atomic E-state index is 0.00785. The molecule has 2 aromatic carbocycles. The number of esters is 1. The second-order valence-corrected chi connectivity index (χ2v) is 15.4. The number of nitrogens with two attached hydrogens (primary N) is 2. The predicted molar refractivity (Wildman–Crippen MR) is 242 cm³/mol. The number of benzene rings is 2. The fraction of sp³-hybridized carbons (Fsp3) is 0.349. The van der Waals surface area contributed by atoms with Gasteiger partial charge >= 0.3 is 12.1 Å². The third-order valence-electron chi connectivity index (χ3n) is 9.25. The third kappa shape index (κ3) is 13.2. The van der Waals surface area contributed by atoms with Crippen molar-refractivity contribution in [2.75, 3.05) is 42.8 Å². The molecule has 0 spiro atoms. The van der Waals surface area contributed by atoms with Gasteiger partial charge in [0, 0.05) is 49.4 Å². The minimum atomic E-state index is -0.904. The average molecular weight is 913 g/mol. The van der Waals surface area contributed by atoms with E-state index in [1.165, 1.54) is 31.5 Å². The quantitative estimate of drug-likeness (QED) is 0.0198. The standard InChI is InChI=1S/C43H52N12O11/c1-7-54-32(19-26(2)51-54)40(59)50-41-49-30-20-27(38(44)57)23-34(65-18-12-13-35(56)63-6)37(30)53(41)16-9-8-14-46-36-31(55(61)62)21-28(39(45)58)22-33(36)64-17-11-10-15-52-25-29(24-47-52)48-42(60)66-43(3,4)5/h8-11,19-25,46H,7,12-18H2,1-6H3,(H2,44,57)(H2,45,58)(H,48,60)(H,49,50,59)/b9-8+,11-10+. The summed E-state index contributed by atoms with van der Waals surface area (Å²) in [5.74, 6) is -2.33. The van der Waals surface area contributed by atoms with Gasteiger partial charge in [-0.1, -0.05) is 18.2 Å². The third-order valence-corrected chi connectivity index (χ3v) is 9.25. The molecule has 0 bridgehead atoms. The number of anilines is 3. The van der Waals surface area contributed by atoms with Gasteiger partial charge in [0.05, 0.1) is 48.3 Å². The molecule has 5 rings (SSSR count). The number of aryl methyl sites for hydroxylation is 2. The van der Waals surface area contributed by atoms with Crippen molar-refractivity contribution in [1.82, 2.24) is 29.1 Å². The highest BCUT2D eigenvalue weighted by Crippen LogP contribution is 2.36. The Morgan fingerprint density at radius 3 is 2.32 bits per heavy atom. The smallest absolute Gasteiger partial charge is 0.412 e. The average Bonchev–Trinajstić information content (AvgIpc) is 3.97. The van der Waals surface area contributed by atoms with Gasteiger partial charge in [-0.25, -0.2) is 9.78 Å². The molecule has 0 aliphatic heterocycles. The van der Waals surface area contributed by atoms with Crippen LogP contribution in [0.25, 0.3) is 11.0 Å². The van der Waals surface area contributed by atoms with E-state index in [9.17, 15) is 34.1 Å². The lowest BCUT2D eigenvalue weighted by atomic mass is 10.1. The number of carbonyl (C=O) groups excluding carboxylic acids is 5. The van der Waals surface area contributed by atoms with Crippen LogP contribution in [0.1, 0.15) is 77.4 Å². The van der Waals surface area contributed by atoms with Crippen molar-refractivity contribution in [3.05, 3.63) is 99.7 Å². The molecule has 3 aromatic heterocycles. The lowest BCUT2D eigenvalue weighted by molar-refractivity contribution is -0.384. The van der Waals surface area contributed by atoms with Crippen molar-refractivity contribution in [3.8, 4) is 11.5 Å². The van der Waals surface area contributed by atoms with Gasteiger partial charge in [-0.2, -0.15) is 10.2 Å². The molecule has 0 saturated heterocycles. The zero-order valence-electron chi connectivity index (χ0n) is 37.3. The molecule has 0 aliphatic rings. The Hall–Kier alpha value is -8.24. The molecule has 0 saturated carbocycles. The van der Waals surface area contributed by atoms with Crippen molar-refractivity contribution < 1.29 is 47.8 Å². The summed E-state index contributed by atoms with van der Waals surface area (Å²) in [6.07, 6.45) is 9.51. The first-order valence-corrected chi connectivity index (χ1v) is 20.6. The Balaban J connectivity index is 1.37. The Labute approximate surface area is 378 Å². The number of rotatable bonds is 22. The van der Waals surface area contributed by atoms with Crippen LogP contribution in [0.3, 0.4) is 0 Å². The summed E-state index contributed by atoms with van der Waals surface area (Å²) in [7, 11) is 1.28. The van der Waals surface area contributed by atoms with Crippen LogP contribution in [0.4, 0.5) is 27.8 Å². The molecule has 0 fully saturated rings. The molecular formula is C43H52N12O11. The van der Waals surface area contributed by atoms with E-state index in [1.807, 2.05) is 6.92 Å². The Morgan fingerprint density at radius 2 is 1.64 bits per heavy atom. The summed E-state index contributed by atoms with van der Waals surface area (Å²) < 4.78 is 26.7. The van der Waals surface area contributed by atoms with E-state index < -0.39 is 46.0 Å². The summed E-state index contributed by atoms with van der Waals surface area (Å²) in [6.45, 7) is 9.60. The first kappa shape index (κ1) is 48.8. The van der Waals surface area contributed by atoms with Crippen molar-refractivity contribution in [1.29, 1.82) is 0 Å². The zero-order valence-corrected chi connectivity index (χ0v) is 37.3. The Morgan fingerprint density at radius 1 is 0.924 bits per heavy atom. The van der Waals surface area contributed by atoms with Gasteiger partial charge in [0.1, 0.15) is 29.2 Å². The van der Waals surface area contributed by atoms with Crippen molar-refractivity contribution in [3.63, 3.8) is 0 Å². The molecule has 0 radical (unpaired) electrons. The van der Waals surface area contributed by atoms with Crippen LogP contribution in [0, 0.1) is 17.0 Å². The van der Waals surface area contributed by atoms with E-state index in [-0.39, 0.29) is 91.2 Å². The topological polar surface area (TPSA) is 307 Å². The van der Waals surface area contributed by atoms with Crippen LogP contribution in [0.15, 0.2) is 67.0 Å². The number of primary amides is 2. The van der Waals surface area contributed by atoms with Gasteiger partial charge < -0.3 is 40.3 Å². The number of allylic oxidation sites excluding steroid dienone is 2. The SMILES string of the molecule is CCn1nc(C)cc1C(=O)Nc1nc2cc(C(N)=O)cc(OCCCC(=O)OC)c2n1C/C=C/CNc1c(OC/C=C/Cn2cc(NC(=O)OC(C)(C)C)cn2)cc(C(N)=O)cc1[N+](=O)[O-]. The molecule has 4 amide bonds. The Kier molecular flexibility index (Phi) is 16.2. The van der Waals surface area contributed by atoms with E-state index in [0.717, 1.165) is 6.07 Å². The monoisotopic (exact) mass is 912 g/mol. The van der Waals surface area contributed by atoms with Crippen LogP contribution < -0.4 is 36.9 Å². The number of methoxy groups -OCH3 is 1. The molecule has 350 valence electrons. The predicted octanol–water partition coefficient (Wildman–Crippen LogP) is 5.10. The summed E-state index contributed by atoms with van der Waals surface area (Å²) in [5.41, 5.74) is 11.9. The fourth-order valence-electron chi connectivity index (χ4n) is 6.33. The number of ether oxygens (including phenoxy) is 4. The second kappa shape index (κ2) is 21.9. The van der Waals surface area contributed by atoms with Crippen molar-refractivity contribution in [2.45, 2.75) is 72.7 Å². The van der Waals surface area contributed by atoms with Gasteiger partial charge in [-0.05, 0) is 71.4 Å². The first-order valence-electron chi connectivity index (χ1n) is 20.6. The van der Waals surface area contributed by atoms with Crippen LogP contribution >= 0.6 is 0 Å². The molecule has 0 unspecified atom stereocenters. The van der Waals surface area contributed by atoms with Crippen LogP contribution in [-0.4, -0.2) is 96.3 Å². The van der Waals surface area contributed by atoms with Crippen molar-refractivity contribution in [2.24, 2.45) is 11.5 Å². The lowest BCUT2D eigenvalue weighted by Gasteiger charge is -2.19. The maximum Gasteiger partial charge on any atom is 0.412 e. The van der Waals surface area contributed by atoms with E-state index in [4.69, 9.17) is 30.4 Å². The highest BCUT2D eigenvalue weighted by atomic mass is 16.6. The van der Waals surface area contributed by atoms with Crippen LogP contribution in [0.5, 0.6) is 11.5 Å². The first-order chi connectivity index (χ1) is 31.4. The van der Waals surface area contributed by atoms with Gasteiger partial charge in [0.2, 0.25) is 17.8 Å². The molecule has 3 heterocycles. The number of hydrogen-bond donors (Lipinski definition) is 5. The minimum Gasteiger partial charge on any atom is -0.491 e. The molecule has 0 atom stereocenters. The van der Waals surface area contributed by atoms with Gasteiger partial charge in [-0.15, -0.1) is 0 Å². The van der Waals surface area contributed by atoms with E-state index in [2.05, 4.69) is 31.1 Å². The highest BCUT2D eigenvalue weighted by molar-refractivity contribution is 6.04. The van der Waals surface area contributed by atoms with Crippen molar-refractivity contribution >= 4 is 63.8 Å². The van der Waals surface area contributed by atoms with Gasteiger partial charge in [0.15, 0.2) is 11.4 Å². The normalized spacial score (nSPS) is 11.5. The fourth-order valence-corrected chi connectivity index (χ4v) is 6.33. The summed E-state index contributed by atoms with van der Waals surface area (Å²) in [6, 6.07) is 6.88. The Bertz CT molecular complexity index is 2670. The molecule has 0 aliphatic carbocycles. The molecule has 5 aromatic rings. The maximum atomic E-state index is 13.6. The highest BCUT2D eigenvalue weighted by Gasteiger charge is 2.24. The maximum absolute atomic E-state index is 13.6. The number of nitro benzene ring substituents is 1. The summed E-state index contributed by atoms with van der Waals surface area (Å²) >= 11 is 0.